The molecule has 0 amide bonds. The third-order valence-corrected chi connectivity index (χ3v) is 2.52. The Bertz CT molecular complexity index is 273. The van der Waals surface area contributed by atoms with Crippen LogP contribution in [0.15, 0.2) is 4.52 Å². The lowest BCUT2D eigenvalue weighted by atomic mass is 10.1. The van der Waals surface area contributed by atoms with Crippen LogP contribution in [0.1, 0.15) is 57.2 Å². The number of aryl methyl sites for hydroxylation is 1. The summed E-state index contributed by atoms with van der Waals surface area (Å²) < 4.78 is 5.15. The minimum absolute atomic E-state index is 0.193. The van der Waals surface area contributed by atoms with Crippen LogP contribution in [0, 0.1) is 0 Å². The lowest BCUT2D eigenvalue weighted by molar-refractivity contribution is 0.366. The first-order chi connectivity index (χ1) is 7.27. The first-order valence-corrected chi connectivity index (χ1v) is 5.80. The van der Waals surface area contributed by atoms with Crippen LogP contribution in [0.25, 0.3) is 0 Å². The topological polar surface area (TPSA) is 64.9 Å². The Morgan fingerprint density at radius 1 is 1.33 bits per heavy atom. The lowest BCUT2D eigenvalue weighted by Crippen LogP contribution is -2.10. The summed E-state index contributed by atoms with van der Waals surface area (Å²) in [6, 6.07) is 0. The van der Waals surface area contributed by atoms with Crippen molar-refractivity contribution in [3.63, 3.8) is 0 Å². The Hall–Kier alpha value is -0.900. The SMILES string of the molecule is CCCCCCc1nc(C(C)CN)no1. The van der Waals surface area contributed by atoms with E-state index in [2.05, 4.69) is 17.1 Å². The van der Waals surface area contributed by atoms with E-state index in [1.165, 1.54) is 19.3 Å². The van der Waals surface area contributed by atoms with Gasteiger partial charge < -0.3 is 10.3 Å². The second kappa shape index (κ2) is 6.56. The lowest BCUT2D eigenvalue weighted by Gasteiger charge is -1.98. The number of nitrogens with two attached hydrogens (primary N) is 1. The van der Waals surface area contributed by atoms with Gasteiger partial charge in [-0.25, -0.2) is 0 Å². The minimum atomic E-state index is 0.193. The minimum Gasteiger partial charge on any atom is -0.339 e. The molecule has 2 N–H and O–H groups in total. The molecule has 0 radical (unpaired) electrons. The van der Waals surface area contributed by atoms with Crippen LogP contribution in [-0.2, 0) is 6.42 Å². The van der Waals surface area contributed by atoms with Gasteiger partial charge in [-0.2, -0.15) is 4.98 Å². The summed E-state index contributed by atoms with van der Waals surface area (Å²) in [6.07, 6.45) is 5.79. The van der Waals surface area contributed by atoms with Crippen molar-refractivity contribution in [2.45, 2.75) is 51.9 Å². The quantitative estimate of drug-likeness (QED) is 0.702. The largest absolute Gasteiger partial charge is 0.339 e. The highest BCUT2D eigenvalue weighted by molar-refractivity contribution is 4.94. The van der Waals surface area contributed by atoms with E-state index < -0.39 is 0 Å². The van der Waals surface area contributed by atoms with Crippen molar-refractivity contribution in [3.05, 3.63) is 11.7 Å². The van der Waals surface area contributed by atoms with Crippen molar-refractivity contribution in [2.75, 3.05) is 6.54 Å². The van der Waals surface area contributed by atoms with Crippen molar-refractivity contribution in [1.82, 2.24) is 10.1 Å². The maximum absolute atomic E-state index is 5.53. The fraction of sp³-hybridized carbons (Fsp3) is 0.818. The van der Waals surface area contributed by atoms with Crippen molar-refractivity contribution in [3.8, 4) is 0 Å². The summed E-state index contributed by atoms with van der Waals surface area (Å²) in [6.45, 7) is 4.77. The van der Waals surface area contributed by atoms with Crippen LogP contribution < -0.4 is 5.73 Å². The van der Waals surface area contributed by atoms with Crippen molar-refractivity contribution < 1.29 is 4.52 Å². The number of unbranched alkanes of at least 4 members (excludes halogenated alkanes) is 3. The first kappa shape index (κ1) is 12.2. The average Bonchev–Trinajstić information content (AvgIpc) is 2.72. The monoisotopic (exact) mass is 211 g/mol. The third-order valence-electron chi connectivity index (χ3n) is 2.52. The highest BCUT2D eigenvalue weighted by atomic mass is 16.5. The van der Waals surface area contributed by atoms with E-state index in [4.69, 9.17) is 10.3 Å². The smallest absolute Gasteiger partial charge is 0.226 e. The summed E-state index contributed by atoms with van der Waals surface area (Å²) in [7, 11) is 0. The van der Waals surface area contributed by atoms with Gasteiger partial charge in [-0.05, 0) is 6.42 Å². The Morgan fingerprint density at radius 2 is 2.13 bits per heavy atom. The van der Waals surface area contributed by atoms with Crippen LogP contribution in [0.2, 0.25) is 0 Å². The Balaban J connectivity index is 2.33. The van der Waals surface area contributed by atoms with Gasteiger partial charge in [-0.15, -0.1) is 0 Å². The van der Waals surface area contributed by atoms with Crippen LogP contribution in [0.4, 0.5) is 0 Å². The second-order valence-electron chi connectivity index (χ2n) is 3.99. The number of hydrogen-bond donors (Lipinski definition) is 1. The first-order valence-electron chi connectivity index (χ1n) is 5.80. The van der Waals surface area contributed by atoms with E-state index in [-0.39, 0.29) is 5.92 Å². The number of aromatic nitrogens is 2. The molecule has 1 atom stereocenters. The predicted octanol–water partition coefficient (Wildman–Crippen LogP) is 2.25. The molecule has 0 saturated carbocycles. The molecule has 1 heterocycles. The van der Waals surface area contributed by atoms with Crippen LogP contribution in [-0.4, -0.2) is 16.7 Å². The fourth-order valence-electron chi connectivity index (χ4n) is 1.38. The molecule has 0 aliphatic carbocycles. The molecule has 0 aliphatic rings. The molecule has 4 heteroatoms. The van der Waals surface area contributed by atoms with Crippen molar-refractivity contribution >= 4 is 0 Å². The van der Waals surface area contributed by atoms with Gasteiger partial charge in [0.2, 0.25) is 5.89 Å². The molecular formula is C11H21N3O. The van der Waals surface area contributed by atoms with E-state index in [0.29, 0.717) is 6.54 Å². The second-order valence-corrected chi connectivity index (χ2v) is 3.99. The van der Waals surface area contributed by atoms with E-state index in [1.807, 2.05) is 6.92 Å². The summed E-state index contributed by atoms with van der Waals surface area (Å²) in [5, 5.41) is 3.92. The van der Waals surface area contributed by atoms with E-state index in [1.54, 1.807) is 0 Å². The van der Waals surface area contributed by atoms with Gasteiger partial charge >= 0.3 is 0 Å². The fourth-order valence-corrected chi connectivity index (χ4v) is 1.38. The molecular weight excluding hydrogens is 190 g/mol. The molecule has 0 saturated heterocycles. The molecule has 0 aliphatic heterocycles. The number of hydrogen-bond acceptors (Lipinski definition) is 4. The summed E-state index contributed by atoms with van der Waals surface area (Å²) in [5.74, 6) is 1.68. The molecule has 0 fully saturated rings. The molecule has 1 aromatic rings. The molecule has 86 valence electrons. The van der Waals surface area contributed by atoms with Gasteiger partial charge in [0.15, 0.2) is 5.82 Å². The summed E-state index contributed by atoms with van der Waals surface area (Å²) in [5.41, 5.74) is 5.53. The standard InChI is InChI=1S/C11H21N3O/c1-3-4-5-6-7-10-13-11(14-15-10)9(2)8-12/h9H,3-8,12H2,1-2H3. The number of rotatable bonds is 7. The predicted molar refractivity (Wildman–Crippen MR) is 59.6 cm³/mol. The van der Waals surface area contributed by atoms with Gasteiger partial charge in [-0.3, -0.25) is 0 Å². The molecule has 1 rings (SSSR count). The highest BCUT2D eigenvalue weighted by Gasteiger charge is 2.11. The molecule has 1 aromatic heterocycles. The van der Waals surface area contributed by atoms with E-state index >= 15 is 0 Å². The maximum atomic E-state index is 5.53. The third kappa shape index (κ3) is 4.00. The molecule has 0 aromatic carbocycles. The zero-order chi connectivity index (χ0) is 11.1. The van der Waals surface area contributed by atoms with Crippen LogP contribution in [0.3, 0.4) is 0 Å². The Kier molecular flexibility index (Phi) is 5.32. The van der Waals surface area contributed by atoms with Crippen LogP contribution >= 0.6 is 0 Å². The van der Waals surface area contributed by atoms with Crippen molar-refractivity contribution in [1.29, 1.82) is 0 Å². The van der Waals surface area contributed by atoms with Gasteiger partial charge in [-0.1, -0.05) is 38.3 Å². The molecule has 15 heavy (non-hydrogen) atoms. The van der Waals surface area contributed by atoms with Gasteiger partial charge in [0.25, 0.3) is 0 Å². The molecule has 4 nitrogen and oxygen atoms in total. The Morgan fingerprint density at radius 3 is 2.80 bits per heavy atom. The maximum Gasteiger partial charge on any atom is 0.226 e. The zero-order valence-corrected chi connectivity index (χ0v) is 9.70. The van der Waals surface area contributed by atoms with E-state index in [9.17, 15) is 0 Å². The van der Waals surface area contributed by atoms with Gasteiger partial charge in [0.1, 0.15) is 0 Å². The molecule has 0 spiro atoms. The Labute approximate surface area is 91.2 Å². The molecule has 1 unspecified atom stereocenters. The normalized spacial score (nSPS) is 13.0. The number of nitrogens with zero attached hydrogens (tertiary/aromatic N) is 2. The van der Waals surface area contributed by atoms with Gasteiger partial charge in [0, 0.05) is 18.9 Å². The van der Waals surface area contributed by atoms with Crippen molar-refractivity contribution in [2.24, 2.45) is 5.73 Å². The zero-order valence-electron chi connectivity index (χ0n) is 9.70. The average molecular weight is 211 g/mol. The van der Waals surface area contributed by atoms with Gasteiger partial charge in [0.05, 0.1) is 0 Å². The van der Waals surface area contributed by atoms with E-state index in [0.717, 1.165) is 24.6 Å². The highest BCUT2D eigenvalue weighted by Crippen LogP contribution is 2.11. The van der Waals surface area contributed by atoms with Crippen LogP contribution in [0.5, 0.6) is 0 Å². The summed E-state index contributed by atoms with van der Waals surface area (Å²) >= 11 is 0. The summed E-state index contributed by atoms with van der Waals surface area (Å²) in [4.78, 5) is 4.32. The molecule has 0 bridgehead atoms.